The summed E-state index contributed by atoms with van der Waals surface area (Å²) in [6.07, 6.45) is 7.07. The third kappa shape index (κ3) is 3.56. The van der Waals surface area contributed by atoms with Gasteiger partial charge in [0.05, 0.1) is 23.3 Å². The molecule has 2 saturated heterocycles. The van der Waals surface area contributed by atoms with E-state index in [1.165, 1.54) is 12.3 Å². The number of H-pyrrole nitrogens is 1. The second-order valence-corrected chi connectivity index (χ2v) is 9.09. The lowest BCUT2D eigenvalue weighted by molar-refractivity contribution is 0.152. The van der Waals surface area contributed by atoms with Gasteiger partial charge in [-0.15, -0.1) is 0 Å². The number of benzene rings is 1. The first kappa shape index (κ1) is 20.7. The lowest BCUT2D eigenvalue weighted by atomic mass is 9.87. The predicted molar refractivity (Wildman–Crippen MR) is 119 cm³/mol. The lowest BCUT2D eigenvalue weighted by Gasteiger charge is -2.30. The van der Waals surface area contributed by atoms with Crippen LogP contribution in [0.25, 0.3) is 22.4 Å². The van der Waals surface area contributed by atoms with Crippen molar-refractivity contribution in [1.82, 2.24) is 25.7 Å². The zero-order chi connectivity index (χ0) is 22.5. The number of nitrogens with two attached hydrogens (primary N) is 1. The Kier molecular flexibility index (Phi) is 5.00. The van der Waals surface area contributed by atoms with Crippen LogP contribution >= 0.6 is 0 Å². The van der Waals surface area contributed by atoms with E-state index in [4.69, 9.17) is 11.1 Å². The van der Waals surface area contributed by atoms with Crippen molar-refractivity contribution in [3.8, 4) is 22.4 Å². The zero-order valence-electron chi connectivity index (χ0n) is 17.7. The van der Waals surface area contributed by atoms with E-state index < -0.39 is 11.5 Å². The Bertz CT molecular complexity index is 1140. The van der Waals surface area contributed by atoms with Gasteiger partial charge in [0.25, 0.3) is 0 Å². The fourth-order valence-electron chi connectivity index (χ4n) is 5.24. The van der Waals surface area contributed by atoms with E-state index in [2.05, 4.69) is 25.7 Å². The van der Waals surface area contributed by atoms with Crippen LogP contribution in [0.15, 0.2) is 30.6 Å². The number of nitrogens with zero attached hydrogens (tertiary/aromatic N) is 3. The summed E-state index contributed by atoms with van der Waals surface area (Å²) >= 11 is 0. The third-order valence-electron chi connectivity index (χ3n) is 6.78. The highest BCUT2D eigenvalue weighted by atomic mass is 19.1. The molecule has 2 aliphatic heterocycles. The molecule has 3 aromatic rings. The predicted octanol–water partition coefficient (Wildman–Crippen LogP) is 3.66. The first-order valence-electron chi connectivity index (χ1n) is 10.7. The first-order valence-corrected chi connectivity index (χ1v) is 10.7. The van der Waals surface area contributed by atoms with Crippen LogP contribution in [0, 0.1) is 17.1 Å². The summed E-state index contributed by atoms with van der Waals surface area (Å²) in [5.41, 5.74) is 8.06. The summed E-state index contributed by atoms with van der Waals surface area (Å²) in [5.74, 6) is -0.162. The first-order chi connectivity index (χ1) is 15.4. The molecule has 0 amide bonds. The molecule has 0 spiro atoms. The van der Waals surface area contributed by atoms with Crippen molar-refractivity contribution in [2.45, 2.75) is 50.4 Å². The molecular formula is C23H25F2N7. The number of rotatable bonds is 5. The number of piperidine rings is 1. The monoisotopic (exact) mass is 437 g/mol. The number of aromatic amines is 1. The van der Waals surface area contributed by atoms with Crippen molar-refractivity contribution >= 4 is 11.9 Å². The zero-order valence-corrected chi connectivity index (χ0v) is 17.7. The average Bonchev–Trinajstić information content (AvgIpc) is 3.35. The highest BCUT2D eigenvalue weighted by Gasteiger charge is 2.48. The molecule has 1 aromatic carbocycles. The van der Waals surface area contributed by atoms with E-state index in [-0.39, 0.29) is 28.9 Å². The van der Waals surface area contributed by atoms with Gasteiger partial charge >= 0.3 is 0 Å². The molecule has 32 heavy (non-hydrogen) atoms. The van der Waals surface area contributed by atoms with Crippen LogP contribution in [-0.4, -0.2) is 44.4 Å². The smallest absolute Gasteiger partial charge is 0.132 e. The number of alkyl halides is 1. The topological polar surface area (TPSA) is 116 Å². The van der Waals surface area contributed by atoms with Crippen LogP contribution in [-0.2, 0) is 6.42 Å². The van der Waals surface area contributed by atoms with Crippen LogP contribution < -0.4 is 11.1 Å². The Balaban J connectivity index is 1.39. The van der Waals surface area contributed by atoms with Crippen LogP contribution in [0.3, 0.4) is 0 Å². The number of aromatic nitrogens is 4. The summed E-state index contributed by atoms with van der Waals surface area (Å²) in [4.78, 5) is 0. The minimum Gasteiger partial charge on any atom is -0.398 e. The molecule has 2 aliphatic rings. The van der Waals surface area contributed by atoms with Crippen molar-refractivity contribution < 1.29 is 8.78 Å². The molecule has 7 nitrogen and oxygen atoms in total. The largest absolute Gasteiger partial charge is 0.398 e. The number of hydrogen-bond donors (Lipinski definition) is 4. The van der Waals surface area contributed by atoms with E-state index in [0.717, 1.165) is 31.2 Å². The average molecular weight is 437 g/mol. The molecule has 4 heterocycles. The minimum atomic E-state index is -1.15. The number of nitrogens with one attached hydrogen (secondary N) is 3. The van der Waals surface area contributed by atoms with Gasteiger partial charge < -0.3 is 16.5 Å². The maximum atomic E-state index is 15.0. The fraction of sp³-hybridized carbons (Fsp3) is 0.391. The van der Waals surface area contributed by atoms with Crippen LogP contribution in [0.1, 0.15) is 37.4 Å². The van der Waals surface area contributed by atoms with E-state index in [9.17, 15) is 8.78 Å². The summed E-state index contributed by atoms with van der Waals surface area (Å²) < 4.78 is 29.6. The SMILES string of the molecule is CC1(F)CC2CC(Cc3ccc(-c4cc(F)c(-c5cn[nH]c5)c(C=N)c4N)nn3)CC1N2. The Morgan fingerprint density at radius 2 is 2.16 bits per heavy atom. The number of anilines is 1. The number of nitrogen functional groups attached to an aromatic ring is 1. The summed E-state index contributed by atoms with van der Waals surface area (Å²) in [5, 5.41) is 26.3. The van der Waals surface area contributed by atoms with Gasteiger partial charge in [-0.1, -0.05) is 0 Å². The van der Waals surface area contributed by atoms with Gasteiger partial charge in [-0.3, -0.25) is 5.10 Å². The van der Waals surface area contributed by atoms with Crippen molar-refractivity contribution in [2.24, 2.45) is 5.92 Å². The quantitative estimate of drug-likeness (QED) is 0.359. The molecule has 2 aromatic heterocycles. The van der Waals surface area contributed by atoms with Gasteiger partial charge in [0.1, 0.15) is 11.5 Å². The molecule has 9 heteroatoms. The standard InChI is InChI=1S/C23H25F2N7/c1-23(25)8-15-5-12(6-20(23)30-15)4-14-2-3-19(32-31-14)16-7-18(24)21(13-10-28-29-11-13)17(9-26)22(16)27/h2-3,7,9-12,15,20,26,30H,4-6,8,27H2,1H3,(H,28,29). The molecular weight excluding hydrogens is 412 g/mol. The second-order valence-electron chi connectivity index (χ2n) is 9.09. The normalized spacial score (nSPS) is 26.9. The Morgan fingerprint density at radius 1 is 1.31 bits per heavy atom. The summed E-state index contributed by atoms with van der Waals surface area (Å²) in [6.45, 7) is 1.69. The molecule has 0 aliphatic carbocycles. The Morgan fingerprint density at radius 3 is 2.81 bits per heavy atom. The lowest BCUT2D eigenvalue weighted by Crippen LogP contribution is -2.43. The molecule has 4 unspecified atom stereocenters. The van der Waals surface area contributed by atoms with Crippen molar-refractivity contribution in [1.29, 1.82) is 5.41 Å². The van der Waals surface area contributed by atoms with E-state index in [1.807, 2.05) is 6.07 Å². The van der Waals surface area contributed by atoms with Crippen LogP contribution in [0.2, 0.25) is 0 Å². The molecule has 0 saturated carbocycles. The molecule has 2 fully saturated rings. The summed E-state index contributed by atoms with van der Waals surface area (Å²) in [7, 11) is 0. The maximum absolute atomic E-state index is 15.0. The fourth-order valence-corrected chi connectivity index (χ4v) is 5.24. The Hall–Kier alpha value is -3.20. The highest BCUT2D eigenvalue weighted by Crippen LogP contribution is 2.41. The molecule has 2 bridgehead atoms. The Labute approximate surface area is 184 Å². The molecule has 4 atom stereocenters. The molecule has 5 N–H and O–H groups in total. The minimum absolute atomic E-state index is 0.102. The molecule has 0 radical (unpaired) electrons. The molecule has 166 valence electrons. The maximum Gasteiger partial charge on any atom is 0.132 e. The van der Waals surface area contributed by atoms with Gasteiger partial charge in [-0.25, -0.2) is 8.78 Å². The van der Waals surface area contributed by atoms with Crippen molar-refractivity contribution in [2.75, 3.05) is 5.73 Å². The van der Waals surface area contributed by atoms with Gasteiger partial charge in [0.2, 0.25) is 0 Å². The number of halogens is 2. The van der Waals surface area contributed by atoms with Gasteiger partial charge in [0, 0.05) is 46.7 Å². The van der Waals surface area contributed by atoms with Gasteiger partial charge in [-0.2, -0.15) is 15.3 Å². The van der Waals surface area contributed by atoms with Crippen LogP contribution in [0.5, 0.6) is 0 Å². The van der Waals surface area contributed by atoms with Gasteiger partial charge in [0.15, 0.2) is 0 Å². The van der Waals surface area contributed by atoms with Crippen molar-refractivity contribution in [3.05, 3.63) is 47.7 Å². The van der Waals surface area contributed by atoms with Gasteiger partial charge in [-0.05, 0) is 56.7 Å². The summed E-state index contributed by atoms with van der Waals surface area (Å²) in [6, 6.07) is 5.08. The van der Waals surface area contributed by atoms with Crippen LogP contribution in [0.4, 0.5) is 14.5 Å². The van der Waals surface area contributed by atoms with E-state index >= 15 is 0 Å². The highest BCUT2D eigenvalue weighted by molar-refractivity contribution is 5.99. The van der Waals surface area contributed by atoms with E-state index in [1.54, 1.807) is 19.2 Å². The number of hydrogen-bond acceptors (Lipinski definition) is 6. The number of fused-ring (bicyclic) bond motifs is 2. The third-order valence-corrected chi connectivity index (χ3v) is 6.78. The second kappa shape index (κ2) is 7.74. The van der Waals surface area contributed by atoms with E-state index in [0.29, 0.717) is 29.2 Å². The molecule has 5 rings (SSSR count). The van der Waals surface area contributed by atoms with Crippen molar-refractivity contribution in [3.63, 3.8) is 0 Å².